The Bertz CT molecular complexity index is 250. The average Bonchev–Trinajstić information content (AvgIpc) is 2.33. The summed E-state index contributed by atoms with van der Waals surface area (Å²) in [6.07, 6.45) is 5.03. The minimum atomic E-state index is 0.880. The topological polar surface area (TPSA) is 33.6 Å². The second kappa shape index (κ2) is 1.87. The quantitative estimate of drug-likeness (QED) is 0.541. The monoisotopic (exact) mass is 136 g/mol. The molecule has 0 aromatic rings. The van der Waals surface area contributed by atoms with Crippen LogP contribution in [0.4, 0.5) is 0 Å². The van der Waals surface area contributed by atoms with Gasteiger partial charge in [-0.3, -0.25) is 4.94 Å². The first kappa shape index (κ1) is 5.53. The maximum atomic E-state index is 4.68. The Morgan fingerprint density at radius 2 is 2.60 bits per heavy atom. The maximum Gasteiger partial charge on any atom is 0.113 e. The Hall–Kier alpha value is -1.25. The van der Waals surface area contributed by atoms with Crippen LogP contribution < -0.4 is 5.48 Å². The van der Waals surface area contributed by atoms with Crippen LogP contribution in [-0.2, 0) is 4.94 Å². The van der Waals surface area contributed by atoms with E-state index >= 15 is 0 Å². The molecule has 2 aliphatic rings. The molecule has 0 saturated heterocycles. The Labute approximate surface area is 59.0 Å². The number of rotatable bonds is 0. The van der Waals surface area contributed by atoms with E-state index in [1.165, 1.54) is 5.57 Å². The van der Waals surface area contributed by atoms with Gasteiger partial charge in [0.05, 0.1) is 5.70 Å². The van der Waals surface area contributed by atoms with Gasteiger partial charge in [0.25, 0.3) is 0 Å². The third-order valence-electron chi connectivity index (χ3n) is 1.61. The van der Waals surface area contributed by atoms with E-state index in [0.717, 1.165) is 17.8 Å². The van der Waals surface area contributed by atoms with E-state index in [1.54, 1.807) is 0 Å². The third-order valence-corrected chi connectivity index (χ3v) is 1.61. The molecule has 2 rings (SSSR count). The lowest BCUT2D eigenvalue weighted by Crippen LogP contribution is -2.11. The van der Waals surface area contributed by atoms with Crippen LogP contribution in [0.2, 0.25) is 0 Å². The van der Waals surface area contributed by atoms with Crippen LogP contribution in [0.5, 0.6) is 0 Å². The molecule has 0 aromatic carbocycles. The molecule has 1 aliphatic heterocycles. The maximum absolute atomic E-state index is 4.68. The second-order valence-electron chi connectivity index (χ2n) is 2.44. The summed E-state index contributed by atoms with van der Waals surface area (Å²) in [5, 5.41) is 3.78. The van der Waals surface area contributed by atoms with Crippen molar-refractivity contribution in [3.05, 3.63) is 23.4 Å². The lowest BCUT2D eigenvalue weighted by molar-refractivity contribution is 0.0905. The molecular formula is C7H8N2O. The zero-order valence-electron chi connectivity index (χ0n) is 5.72. The molecule has 0 unspecified atom stereocenters. The van der Waals surface area contributed by atoms with Gasteiger partial charge in [0.1, 0.15) is 5.71 Å². The molecule has 1 aliphatic carbocycles. The van der Waals surface area contributed by atoms with Gasteiger partial charge in [0.15, 0.2) is 0 Å². The summed E-state index contributed by atoms with van der Waals surface area (Å²) in [6, 6.07) is 0. The third kappa shape index (κ3) is 0.708. The second-order valence-corrected chi connectivity index (χ2v) is 2.44. The Morgan fingerprint density at radius 1 is 1.70 bits per heavy atom. The minimum Gasteiger partial charge on any atom is -0.270 e. The number of allylic oxidation sites excluding steroid dienone is 4. The van der Waals surface area contributed by atoms with E-state index in [2.05, 4.69) is 28.6 Å². The zero-order valence-corrected chi connectivity index (χ0v) is 5.72. The van der Waals surface area contributed by atoms with Gasteiger partial charge in [0.2, 0.25) is 0 Å². The molecule has 0 saturated carbocycles. The summed E-state index contributed by atoms with van der Waals surface area (Å²) in [5.41, 5.74) is 5.95. The fraction of sp³-hybridized carbons (Fsp3) is 0.286. The van der Waals surface area contributed by atoms with E-state index in [9.17, 15) is 0 Å². The molecule has 0 aromatic heterocycles. The summed E-state index contributed by atoms with van der Waals surface area (Å²) in [5.74, 6) is 0. The molecule has 3 heteroatoms. The van der Waals surface area contributed by atoms with Crippen molar-refractivity contribution >= 4 is 5.71 Å². The van der Waals surface area contributed by atoms with E-state index in [4.69, 9.17) is 0 Å². The molecule has 0 atom stereocenters. The number of nitrogens with one attached hydrogen (secondary N) is 1. The lowest BCUT2D eigenvalue weighted by Gasteiger charge is -2.04. The van der Waals surface area contributed by atoms with Gasteiger partial charge in [0, 0.05) is 6.42 Å². The number of hydroxylamine groups is 1. The van der Waals surface area contributed by atoms with Crippen molar-refractivity contribution in [2.24, 2.45) is 5.16 Å². The van der Waals surface area contributed by atoms with E-state index in [0.29, 0.717) is 0 Å². The van der Waals surface area contributed by atoms with Gasteiger partial charge in [-0.1, -0.05) is 16.8 Å². The van der Waals surface area contributed by atoms with Gasteiger partial charge in [-0.2, -0.15) is 5.48 Å². The minimum absolute atomic E-state index is 0.880. The highest BCUT2D eigenvalue weighted by molar-refractivity contribution is 6.02. The molecule has 0 bridgehead atoms. The van der Waals surface area contributed by atoms with Crippen LogP contribution in [0.15, 0.2) is 28.6 Å². The Morgan fingerprint density at radius 3 is 3.50 bits per heavy atom. The first-order valence-corrected chi connectivity index (χ1v) is 3.24. The van der Waals surface area contributed by atoms with Gasteiger partial charge in [-0.05, 0) is 13.0 Å². The summed E-state index contributed by atoms with van der Waals surface area (Å²) in [4.78, 5) is 4.68. The highest BCUT2D eigenvalue weighted by atomic mass is 16.8. The van der Waals surface area contributed by atoms with Crippen LogP contribution in [-0.4, -0.2) is 5.71 Å². The largest absolute Gasteiger partial charge is 0.270 e. The van der Waals surface area contributed by atoms with Crippen LogP contribution in [0, 0.1) is 0 Å². The molecule has 0 amide bonds. The van der Waals surface area contributed by atoms with Crippen molar-refractivity contribution in [2.75, 3.05) is 0 Å². The molecule has 0 fully saturated rings. The number of fused-ring (bicyclic) bond motifs is 1. The van der Waals surface area contributed by atoms with Gasteiger partial charge < -0.3 is 0 Å². The van der Waals surface area contributed by atoms with E-state index in [-0.39, 0.29) is 0 Å². The van der Waals surface area contributed by atoms with Crippen molar-refractivity contribution in [3.8, 4) is 0 Å². The summed E-state index contributed by atoms with van der Waals surface area (Å²) >= 11 is 0. The van der Waals surface area contributed by atoms with Crippen molar-refractivity contribution in [3.63, 3.8) is 0 Å². The number of hydrogen-bond donors (Lipinski definition) is 1. The van der Waals surface area contributed by atoms with E-state index < -0.39 is 0 Å². The number of nitrogens with zero attached hydrogens (tertiary/aromatic N) is 1. The van der Waals surface area contributed by atoms with Crippen molar-refractivity contribution in [1.82, 2.24) is 5.48 Å². The van der Waals surface area contributed by atoms with Crippen molar-refractivity contribution < 1.29 is 4.94 Å². The average molecular weight is 136 g/mol. The van der Waals surface area contributed by atoms with Crippen LogP contribution in [0.25, 0.3) is 0 Å². The normalized spacial score (nSPS) is 21.5. The zero-order chi connectivity index (χ0) is 6.97. The fourth-order valence-corrected chi connectivity index (χ4v) is 1.04. The molecule has 52 valence electrons. The SMILES string of the molecule is CC1=CCC2=NONC2=C1. The summed E-state index contributed by atoms with van der Waals surface area (Å²) in [6.45, 7) is 2.06. The predicted octanol–water partition coefficient (Wildman–Crippen LogP) is 1.11. The molecule has 3 nitrogen and oxygen atoms in total. The summed E-state index contributed by atoms with van der Waals surface area (Å²) < 4.78 is 0. The standard InChI is InChI=1S/C7H8N2O/c1-5-2-3-6-7(4-5)9-10-8-6/h2,4,9H,3H2,1H3. The van der Waals surface area contributed by atoms with Crippen molar-refractivity contribution in [2.45, 2.75) is 13.3 Å². The molecule has 1 N–H and O–H groups in total. The van der Waals surface area contributed by atoms with Gasteiger partial charge in [-0.15, -0.1) is 0 Å². The fourth-order valence-electron chi connectivity index (χ4n) is 1.04. The molecule has 1 heterocycles. The highest BCUT2D eigenvalue weighted by Gasteiger charge is 2.16. The Kier molecular flexibility index (Phi) is 1.03. The van der Waals surface area contributed by atoms with Crippen LogP contribution >= 0.6 is 0 Å². The smallest absolute Gasteiger partial charge is 0.113 e. The molecular weight excluding hydrogens is 128 g/mol. The van der Waals surface area contributed by atoms with Gasteiger partial charge >= 0.3 is 0 Å². The lowest BCUT2D eigenvalue weighted by atomic mass is 10.0. The first-order valence-electron chi connectivity index (χ1n) is 3.24. The van der Waals surface area contributed by atoms with E-state index in [1.807, 2.05) is 6.08 Å². The Balaban J connectivity index is 2.36. The predicted molar refractivity (Wildman–Crippen MR) is 38.1 cm³/mol. The molecule has 10 heavy (non-hydrogen) atoms. The number of hydrogen-bond acceptors (Lipinski definition) is 3. The molecule has 0 radical (unpaired) electrons. The summed E-state index contributed by atoms with van der Waals surface area (Å²) in [7, 11) is 0. The van der Waals surface area contributed by atoms with Crippen molar-refractivity contribution in [1.29, 1.82) is 0 Å². The molecule has 0 spiro atoms. The van der Waals surface area contributed by atoms with Crippen LogP contribution in [0.1, 0.15) is 13.3 Å². The highest BCUT2D eigenvalue weighted by Crippen LogP contribution is 2.16. The van der Waals surface area contributed by atoms with Crippen LogP contribution in [0.3, 0.4) is 0 Å². The number of oxime groups is 1. The first-order chi connectivity index (χ1) is 4.86. The van der Waals surface area contributed by atoms with Gasteiger partial charge in [-0.25, -0.2) is 0 Å².